The largest absolute Gasteiger partial charge is 0.447 e. The van der Waals surface area contributed by atoms with Gasteiger partial charge in [-0.05, 0) is 40.4 Å². The molecule has 1 amide bonds. The van der Waals surface area contributed by atoms with Crippen molar-refractivity contribution in [2.24, 2.45) is 0 Å². The maximum Gasteiger partial charge on any atom is 0.308 e. The fourth-order valence-corrected chi connectivity index (χ4v) is 4.40. The minimum absolute atomic E-state index is 0.0208. The summed E-state index contributed by atoms with van der Waals surface area (Å²) in [6.07, 6.45) is 0.780. The van der Waals surface area contributed by atoms with Crippen molar-refractivity contribution in [3.05, 3.63) is 46.4 Å². The molecule has 0 unspecified atom stereocenters. The summed E-state index contributed by atoms with van der Waals surface area (Å²) >= 11 is 4.67. The molecule has 0 radical (unpaired) electrons. The Morgan fingerprint density at radius 1 is 1.06 bits per heavy atom. The van der Waals surface area contributed by atoms with E-state index in [4.69, 9.17) is 14.2 Å². The van der Waals surface area contributed by atoms with E-state index in [1.54, 1.807) is 24.3 Å². The highest BCUT2D eigenvalue weighted by atomic mass is 79.9. The molecule has 180 valence electrons. The third-order valence-electron chi connectivity index (χ3n) is 4.85. The summed E-state index contributed by atoms with van der Waals surface area (Å²) in [4.78, 5) is 42.3. The van der Waals surface area contributed by atoms with Crippen LogP contribution in [0, 0.1) is 0 Å². The third kappa shape index (κ3) is 4.98. The molecule has 1 atom stereocenters. The number of rotatable bonds is 4. The molecular formula is C23H19BrN4O6S. The van der Waals surface area contributed by atoms with Gasteiger partial charge in [0.2, 0.25) is 23.2 Å². The minimum atomic E-state index is -1.03. The minimum Gasteiger partial charge on any atom is -0.447 e. The predicted molar refractivity (Wildman–Crippen MR) is 130 cm³/mol. The Morgan fingerprint density at radius 2 is 1.77 bits per heavy atom. The second-order valence-corrected chi connectivity index (χ2v) is 8.97. The summed E-state index contributed by atoms with van der Waals surface area (Å²) in [5.41, 5.74) is 1.95. The van der Waals surface area contributed by atoms with Gasteiger partial charge in [-0.25, -0.2) is 0 Å². The summed E-state index contributed by atoms with van der Waals surface area (Å²) in [6.45, 7) is 3.86. The van der Waals surface area contributed by atoms with Gasteiger partial charge in [0.15, 0.2) is 17.2 Å². The first-order chi connectivity index (χ1) is 16.7. The van der Waals surface area contributed by atoms with Crippen molar-refractivity contribution in [1.82, 2.24) is 15.2 Å². The second-order valence-electron chi connectivity index (χ2n) is 7.35. The Balaban J connectivity index is 1.96. The monoisotopic (exact) mass is 558 g/mol. The van der Waals surface area contributed by atoms with Crippen molar-refractivity contribution in [2.45, 2.75) is 32.2 Å². The van der Waals surface area contributed by atoms with Crippen LogP contribution in [-0.4, -0.2) is 39.3 Å². The number of hydrogen-bond acceptors (Lipinski definition) is 10. The highest BCUT2D eigenvalue weighted by Crippen LogP contribution is 2.46. The van der Waals surface area contributed by atoms with Crippen LogP contribution >= 0.6 is 27.7 Å². The average molecular weight is 559 g/mol. The van der Waals surface area contributed by atoms with Crippen molar-refractivity contribution in [3.8, 4) is 28.6 Å². The van der Waals surface area contributed by atoms with E-state index in [1.807, 2.05) is 12.3 Å². The molecule has 2 heterocycles. The molecule has 12 heteroatoms. The van der Waals surface area contributed by atoms with Crippen LogP contribution in [0.25, 0.3) is 11.3 Å². The zero-order chi connectivity index (χ0) is 25.3. The number of carbonyl (C=O) groups is 3. The van der Waals surface area contributed by atoms with E-state index in [9.17, 15) is 14.4 Å². The first kappa shape index (κ1) is 24.6. The summed E-state index contributed by atoms with van der Waals surface area (Å²) in [6, 6.07) is 10.3. The van der Waals surface area contributed by atoms with E-state index in [0.717, 1.165) is 0 Å². The Kier molecular flexibility index (Phi) is 7.03. The smallest absolute Gasteiger partial charge is 0.308 e. The quantitative estimate of drug-likeness (QED) is 0.260. The van der Waals surface area contributed by atoms with Crippen molar-refractivity contribution in [1.29, 1.82) is 0 Å². The zero-order valence-corrected chi connectivity index (χ0v) is 21.5. The first-order valence-corrected chi connectivity index (χ1v) is 12.3. The number of thioether (sulfide) groups is 1. The average Bonchev–Trinajstić information content (AvgIpc) is 2.94. The van der Waals surface area contributed by atoms with Gasteiger partial charge in [-0.15, -0.1) is 10.2 Å². The zero-order valence-electron chi connectivity index (χ0n) is 19.1. The lowest BCUT2D eigenvalue weighted by Gasteiger charge is -2.30. The normalized spacial score (nSPS) is 14.2. The summed E-state index contributed by atoms with van der Waals surface area (Å²) in [5, 5.41) is 8.82. The fraction of sp³-hybridized carbons (Fsp3) is 0.217. The van der Waals surface area contributed by atoms with Crippen molar-refractivity contribution >= 4 is 51.2 Å². The maximum absolute atomic E-state index is 13.0. The molecule has 1 aliphatic heterocycles. The standard InChI is InChI=1S/C23H19BrN4O6S/c1-11(29)28-17-8-6-5-7-15(17)19-21(25-23(35-4)27-26-19)34-22(28)14-9-16(24)20(33-13(3)31)18(10-14)32-12(2)30/h5-10,22H,1-4H3/t22-/m1/s1. The van der Waals surface area contributed by atoms with Gasteiger partial charge in [0.1, 0.15) is 0 Å². The van der Waals surface area contributed by atoms with Crippen LogP contribution in [0.4, 0.5) is 5.69 Å². The third-order valence-corrected chi connectivity index (χ3v) is 5.98. The number of halogens is 1. The van der Waals surface area contributed by atoms with E-state index in [-0.39, 0.29) is 23.3 Å². The van der Waals surface area contributed by atoms with Gasteiger partial charge < -0.3 is 14.2 Å². The molecular weight excluding hydrogens is 540 g/mol. The molecule has 1 aromatic heterocycles. The van der Waals surface area contributed by atoms with Crippen LogP contribution in [-0.2, 0) is 14.4 Å². The molecule has 0 bridgehead atoms. The van der Waals surface area contributed by atoms with Crippen LogP contribution in [0.15, 0.2) is 46.0 Å². The molecule has 10 nitrogen and oxygen atoms in total. The Labute approximate surface area is 213 Å². The van der Waals surface area contributed by atoms with Crippen LogP contribution in [0.3, 0.4) is 0 Å². The number of nitrogens with zero attached hydrogens (tertiary/aromatic N) is 4. The molecule has 0 saturated carbocycles. The van der Waals surface area contributed by atoms with E-state index in [0.29, 0.717) is 32.1 Å². The molecule has 0 saturated heterocycles. The van der Waals surface area contributed by atoms with Gasteiger partial charge in [-0.2, -0.15) is 4.98 Å². The Bertz CT molecular complexity index is 1350. The van der Waals surface area contributed by atoms with Crippen LogP contribution in [0.2, 0.25) is 0 Å². The number of benzene rings is 2. The number of ether oxygens (including phenoxy) is 3. The summed E-state index contributed by atoms with van der Waals surface area (Å²) in [5.74, 6) is -1.35. The highest BCUT2D eigenvalue weighted by molar-refractivity contribution is 9.10. The number of carbonyl (C=O) groups excluding carboxylic acids is 3. The molecule has 0 spiro atoms. The molecule has 0 fully saturated rings. The Hall–Kier alpha value is -3.51. The molecule has 3 aromatic rings. The van der Waals surface area contributed by atoms with E-state index in [2.05, 4.69) is 31.1 Å². The van der Waals surface area contributed by atoms with Gasteiger partial charge in [0.05, 0.1) is 10.2 Å². The Morgan fingerprint density at radius 3 is 2.43 bits per heavy atom. The molecule has 35 heavy (non-hydrogen) atoms. The van der Waals surface area contributed by atoms with Crippen LogP contribution in [0.5, 0.6) is 17.4 Å². The molecule has 0 aliphatic carbocycles. The topological polar surface area (TPSA) is 121 Å². The number of hydrogen-bond donors (Lipinski definition) is 0. The van der Waals surface area contributed by atoms with Gasteiger partial charge in [0.25, 0.3) is 0 Å². The van der Waals surface area contributed by atoms with Gasteiger partial charge in [-0.3, -0.25) is 19.3 Å². The number of esters is 2. The number of anilines is 1. The second kappa shape index (κ2) is 10.0. The lowest BCUT2D eigenvalue weighted by molar-refractivity contribution is -0.134. The SMILES string of the molecule is CSc1nnc2c(n1)O[C@H](c1cc(Br)c(OC(C)=O)c(OC(C)=O)c1)N(C(C)=O)c1ccccc1-2. The first-order valence-electron chi connectivity index (χ1n) is 10.2. The van der Waals surface area contributed by atoms with E-state index < -0.39 is 18.2 Å². The maximum atomic E-state index is 13.0. The van der Waals surface area contributed by atoms with Gasteiger partial charge in [0, 0.05) is 31.9 Å². The lowest BCUT2D eigenvalue weighted by Crippen LogP contribution is -2.36. The van der Waals surface area contributed by atoms with Crippen molar-refractivity contribution < 1.29 is 28.6 Å². The van der Waals surface area contributed by atoms with Crippen molar-refractivity contribution in [3.63, 3.8) is 0 Å². The number of aromatic nitrogens is 3. The molecule has 0 N–H and O–H groups in total. The molecule has 4 rings (SSSR count). The molecule has 2 aromatic carbocycles. The number of amides is 1. The van der Waals surface area contributed by atoms with Crippen LogP contribution < -0.4 is 19.1 Å². The summed E-state index contributed by atoms with van der Waals surface area (Å²) in [7, 11) is 0. The highest BCUT2D eigenvalue weighted by Gasteiger charge is 2.35. The number of para-hydroxylation sites is 1. The van der Waals surface area contributed by atoms with E-state index in [1.165, 1.54) is 43.5 Å². The van der Waals surface area contributed by atoms with E-state index >= 15 is 0 Å². The fourth-order valence-electron chi connectivity index (χ4n) is 3.56. The number of fused-ring (bicyclic) bond motifs is 3. The molecule has 1 aliphatic rings. The van der Waals surface area contributed by atoms with Gasteiger partial charge in [-0.1, -0.05) is 30.0 Å². The van der Waals surface area contributed by atoms with Crippen LogP contribution in [0.1, 0.15) is 32.6 Å². The predicted octanol–water partition coefficient (Wildman–Crippen LogP) is 4.32. The summed E-state index contributed by atoms with van der Waals surface area (Å²) < 4.78 is 17.2. The lowest BCUT2D eigenvalue weighted by atomic mass is 10.1. The van der Waals surface area contributed by atoms with Crippen molar-refractivity contribution in [2.75, 3.05) is 11.2 Å². The van der Waals surface area contributed by atoms with Gasteiger partial charge >= 0.3 is 11.9 Å².